The Morgan fingerprint density at radius 2 is 1.64 bits per heavy atom. The van der Waals surface area contributed by atoms with E-state index in [9.17, 15) is 5.11 Å². The summed E-state index contributed by atoms with van der Waals surface area (Å²) in [6, 6.07) is 13.5. The van der Waals surface area contributed by atoms with Crippen LogP contribution in [0.15, 0.2) is 42.5 Å². The fourth-order valence-corrected chi connectivity index (χ4v) is 3.37. The number of unbranched alkanes of at least 4 members (excludes halogenated alkanes) is 1. The maximum atomic E-state index is 9.91. The molecule has 0 unspecified atom stereocenters. The number of fused-ring (bicyclic) bond motifs is 1. The SMILES string of the molecule is CCCCOc1c(C)c(COc2cc(OC)cc(OCCC(C)(C)O)c2)nc2ccccc12. The molecule has 0 spiro atoms. The highest BCUT2D eigenvalue weighted by atomic mass is 16.5. The Bertz CT molecular complexity index is 1060. The second-order valence-corrected chi connectivity index (χ2v) is 8.78. The first kappa shape index (κ1) is 24.6. The molecule has 3 aromatic rings. The van der Waals surface area contributed by atoms with Crippen molar-refractivity contribution in [3.63, 3.8) is 0 Å². The van der Waals surface area contributed by atoms with Gasteiger partial charge in [-0.05, 0) is 39.3 Å². The molecule has 6 heteroatoms. The second kappa shape index (κ2) is 11.2. The third-order valence-corrected chi connectivity index (χ3v) is 5.37. The highest BCUT2D eigenvalue weighted by molar-refractivity contribution is 5.86. The van der Waals surface area contributed by atoms with Gasteiger partial charge in [-0.3, -0.25) is 0 Å². The summed E-state index contributed by atoms with van der Waals surface area (Å²) in [4.78, 5) is 4.83. The summed E-state index contributed by atoms with van der Waals surface area (Å²) < 4.78 is 23.5. The Kier molecular flexibility index (Phi) is 8.39. The lowest BCUT2D eigenvalue weighted by Gasteiger charge is -2.18. The zero-order valence-electron chi connectivity index (χ0n) is 20.3. The molecule has 0 saturated heterocycles. The normalized spacial score (nSPS) is 11.5. The summed E-state index contributed by atoms with van der Waals surface area (Å²) in [5, 5.41) is 10.9. The van der Waals surface area contributed by atoms with Gasteiger partial charge in [0, 0.05) is 35.6 Å². The number of nitrogens with zero attached hydrogens (tertiary/aromatic N) is 1. The molecule has 1 N–H and O–H groups in total. The molecule has 33 heavy (non-hydrogen) atoms. The molecule has 1 aromatic heterocycles. The Morgan fingerprint density at radius 1 is 0.939 bits per heavy atom. The number of pyridine rings is 1. The molecule has 0 fully saturated rings. The van der Waals surface area contributed by atoms with Crippen molar-refractivity contribution in [1.82, 2.24) is 4.98 Å². The average Bonchev–Trinajstić information content (AvgIpc) is 2.78. The Morgan fingerprint density at radius 3 is 2.33 bits per heavy atom. The zero-order chi connectivity index (χ0) is 23.8. The van der Waals surface area contributed by atoms with Gasteiger partial charge in [0.25, 0.3) is 0 Å². The summed E-state index contributed by atoms with van der Waals surface area (Å²) in [5.74, 6) is 2.75. The van der Waals surface area contributed by atoms with Crippen molar-refractivity contribution in [3.8, 4) is 23.0 Å². The lowest BCUT2D eigenvalue weighted by atomic mass is 10.1. The molecular formula is C27H35NO5. The van der Waals surface area contributed by atoms with Gasteiger partial charge in [0.15, 0.2) is 0 Å². The molecule has 0 aliphatic heterocycles. The lowest BCUT2D eigenvalue weighted by molar-refractivity contribution is 0.0553. The minimum absolute atomic E-state index is 0.289. The van der Waals surface area contributed by atoms with Crippen molar-refractivity contribution in [1.29, 1.82) is 0 Å². The molecule has 0 bridgehead atoms. The van der Waals surface area contributed by atoms with Crippen LogP contribution in [-0.2, 0) is 6.61 Å². The van der Waals surface area contributed by atoms with E-state index in [2.05, 4.69) is 6.92 Å². The van der Waals surface area contributed by atoms with Gasteiger partial charge in [-0.2, -0.15) is 0 Å². The number of hydrogen-bond acceptors (Lipinski definition) is 6. The first-order valence-electron chi connectivity index (χ1n) is 11.5. The fraction of sp³-hybridized carbons (Fsp3) is 0.444. The van der Waals surface area contributed by atoms with Crippen molar-refractivity contribution < 1.29 is 24.1 Å². The van der Waals surface area contributed by atoms with Crippen LogP contribution in [0.25, 0.3) is 10.9 Å². The van der Waals surface area contributed by atoms with Gasteiger partial charge >= 0.3 is 0 Å². The fourth-order valence-electron chi connectivity index (χ4n) is 3.37. The van der Waals surface area contributed by atoms with Crippen molar-refractivity contribution in [2.75, 3.05) is 20.3 Å². The van der Waals surface area contributed by atoms with Gasteiger partial charge in [0.1, 0.15) is 29.6 Å². The predicted octanol–water partition coefficient (Wildman–Crippen LogP) is 5.85. The minimum atomic E-state index is -0.783. The van der Waals surface area contributed by atoms with Gasteiger partial charge in [0.05, 0.1) is 37.1 Å². The third-order valence-electron chi connectivity index (χ3n) is 5.37. The zero-order valence-corrected chi connectivity index (χ0v) is 20.3. The molecule has 0 aliphatic carbocycles. The van der Waals surface area contributed by atoms with E-state index < -0.39 is 5.60 Å². The molecule has 2 aromatic carbocycles. The predicted molar refractivity (Wildman–Crippen MR) is 131 cm³/mol. The lowest BCUT2D eigenvalue weighted by Crippen LogP contribution is -2.21. The van der Waals surface area contributed by atoms with Crippen LogP contribution in [0.1, 0.15) is 51.3 Å². The van der Waals surface area contributed by atoms with Gasteiger partial charge in [-0.25, -0.2) is 4.98 Å². The second-order valence-electron chi connectivity index (χ2n) is 8.78. The standard InChI is InChI=1S/C27H35NO5/c1-6-7-13-32-26-19(2)25(28-24-11-9-8-10-23(24)26)18-33-22-16-20(30-5)15-21(17-22)31-14-12-27(3,4)29/h8-11,15-17,29H,6-7,12-14,18H2,1-5H3. The third kappa shape index (κ3) is 6.99. The summed E-state index contributed by atoms with van der Waals surface area (Å²) in [7, 11) is 1.61. The van der Waals surface area contributed by atoms with Crippen LogP contribution in [0.4, 0.5) is 0 Å². The van der Waals surface area contributed by atoms with E-state index in [0.717, 1.165) is 40.8 Å². The molecular weight excluding hydrogens is 418 g/mol. The number of rotatable bonds is 12. The maximum Gasteiger partial charge on any atom is 0.133 e. The Labute approximate surface area is 196 Å². The maximum absolute atomic E-state index is 9.91. The van der Waals surface area contributed by atoms with Crippen LogP contribution in [0.5, 0.6) is 23.0 Å². The Hall–Kier alpha value is -2.99. The van der Waals surface area contributed by atoms with Gasteiger partial charge < -0.3 is 24.1 Å². The largest absolute Gasteiger partial charge is 0.496 e. The summed E-state index contributed by atoms with van der Waals surface area (Å²) in [6.45, 7) is 9.04. The number of methoxy groups -OCH3 is 1. The van der Waals surface area contributed by atoms with E-state index in [1.165, 1.54) is 0 Å². The van der Waals surface area contributed by atoms with E-state index in [1.54, 1.807) is 27.0 Å². The monoisotopic (exact) mass is 453 g/mol. The van der Waals surface area contributed by atoms with Gasteiger partial charge in [-0.1, -0.05) is 25.5 Å². The highest BCUT2D eigenvalue weighted by Crippen LogP contribution is 2.32. The molecule has 0 saturated carbocycles. The molecule has 6 nitrogen and oxygen atoms in total. The van der Waals surface area contributed by atoms with Gasteiger partial charge in [-0.15, -0.1) is 0 Å². The summed E-state index contributed by atoms with van der Waals surface area (Å²) >= 11 is 0. The van der Waals surface area contributed by atoms with Crippen LogP contribution < -0.4 is 18.9 Å². The number of para-hydroxylation sites is 1. The van der Waals surface area contributed by atoms with Gasteiger partial charge in [0.2, 0.25) is 0 Å². The van der Waals surface area contributed by atoms with Crippen LogP contribution >= 0.6 is 0 Å². The molecule has 0 radical (unpaired) electrons. The number of hydrogen-bond donors (Lipinski definition) is 1. The first-order chi connectivity index (χ1) is 15.8. The van der Waals surface area contributed by atoms with Crippen LogP contribution in [0.3, 0.4) is 0 Å². The van der Waals surface area contributed by atoms with Crippen LogP contribution in [-0.4, -0.2) is 36.0 Å². The highest BCUT2D eigenvalue weighted by Gasteiger charge is 2.15. The molecule has 1 heterocycles. The van der Waals surface area contributed by atoms with Crippen LogP contribution in [0, 0.1) is 6.92 Å². The topological polar surface area (TPSA) is 70.0 Å². The summed E-state index contributed by atoms with van der Waals surface area (Å²) in [5.41, 5.74) is 1.91. The molecule has 0 amide bonds. The number of aliphatic hydroxyl groups is 1. The van der Waals surface area contributed by atoms with E-state index in [1.807, 2.05) is 43.3 Å². The quantitative estimate of drug-likeness (QED) is 0.347. The Balaban J connectivity index is 1.80. The number of aromatic nitrogens is 1. The number of benzene rings is 2. The average molecular weight is 454 g/mol. The molecule has 0 aliphatic rings. The van der Waals surface area contributed by atoms with Crippen molar-refractivity contribution >= 4 is 10.9 Å². The molecule has 0 atom stereocenters. The van der Waals surface area contributed by atoms with E-state index in [0.29, 0.717) is 36.9 Å². The minimum Gasteiger partial charge on any atom is -0.496 e. The van der Waals surface area contributed by atoms with E-state index in [-0.39, 0.29) is 6.61 Å². The summed E-state index contributed by atoms with van der Waals surface area (Å²) in [6.07, 6.45) is 2.59. The number of ether oxygens (including phenoxy) is 4. The van der Waals surface area contributed by atoms with Crippen molar-refractivity contribution in [2.24, 2.45) is 0 Å². The smallest absolute Gasteiger partial charge is 0.133 e. The van der Waals surface area contributed by atoms with Crippen LogP contribution in [0.2, 0.25) is 0 Å². The van der Waals surface area contributed by atoms with Crippen molar-refractivity contribution in [2.45, 2.75) is 59.2 Å². The van der Waals surface area contributed by atoms with E-state index >= 15 is 0 Å². The van der Waals surface area contributed by atoms with Crippen molar-refractivity contribution in [3.05, 3.63) is 53.7 Å². The molecule has 178 valence electrons. The first-order valence-corrected chi connectivity index (χ1v) is 11.5. The molecule has 3 rings (SSSR count). The van der Waals surface area contributed by atoms with E-state index in [4.69, 9.17) is 23.9 Å².